The van der Waals surface area contributed by atoms with Crippen LogP contribution in [0.4, 0.5) is 17.6 Å². The van der Waals surface area contributed by atoms with Gasteiger partial charge >= 0.3 is 12.4 Å². The number of amides is 1. The summed E-state index contributed by atoms with van der Waals surface area (Å²) in [6.45, 7) is 0. The van der Waals surface area contributed by atoms with Gasteiger partial charge in [0.15, 0.2) is 5.70 Å². The molecule has 0 fully saturated rings. The minimum atomic E-state index is -3.49. The van der Waals surface area contributed by atoms with Crippen LogP contribution in [0.3, 0.4) is 0 Å². The highest BCUT2D eigenvalue weighted by Gasteiger charge is 2.27. The summed E-state index contributed by atoms with van der Waals surface area (Å²) in [4.78, 5) is 21.9. The Kier molecular flexibility index (Phi) is 5.42. The van der Waals surface area contributed by atoms with Crippen molar-refractivity contribution in [3.8, 4) is 0 Å². The van der Waals surface area contributed by atoms with Gasteiger partial charge in [0.1, 0.15) is 5.70 Å². The summed E-state index contributed by atoms with van der Waals surface area (Å²) in [7, 11) is 2.19. The summed E-state index contributed by atoms with van der Waals surface area (Å²) in [5, 5.41) is 9.84. The van der Waals surface area contributed by atoms with Crippen molar-refractivity contribution in [2.45, 2.75) is 12.9 Å². The van der Waals surface area contributed by atoms with E-state index in [1.165, 1.54) is 5.32 Å². The number of halogens is 4. The van der Waals surface area contributed by atoms with Gasteiger partial charge in [-0.3, -0.25) is 4.79 Å². The van der Waals surface area contributed by atoms with Crippen molar-refractivity contribution in [2.75, 3.05) is 14.1 Å². The second-order valence-electron chi connectivity index (χ2n) is 3.05. The van der Waals surface area contributed by atoms with E-state index in [0.717, 1.165) is 19.0 Å². The number of carbonyl (C=O) groups excluding carboxylic acids is 1. The van der Waals surface area contributed by atoms with Gasteiger partial charge in [0.25, 0.3) is 12.3 Å². The first-order chi connectivity index (χ1) is 7.68. The summed E-state index contributed by atoms with van der Waals surface area (Å²) in [5.41, 5.74) is -2.33. The Morgan fingerprint density at radius 3 is 1.82 bits per heavy atom. The largest absolute Gasteiger partial charge is 0.477 e. The molecule has 0 aromatic rings. The smallest absolute Gasteiger partial charge is 0.354 e. The summed E-state index contributed by atoms with van der Waals surface area (Å²) in [6, 6.07) is 0. The van der Waals surface area contributed by atoms with Crippen molar-refractivity contribution < 1.29 is 32.3 Å². The first kappa shape index (κ1) is 15.2. The molecule has 0 heterocycles. The number of alkyl halides is 4. The zero-order chi connectivity index (χ0) is 13.7. The van der Waals surface area contributed by atoms with E-state index in [-0.39, 0.29) is 0 Å². The maximum Gasteiger partial charge on any atom is 0.354 e. The molecule has 0 spiro atoms. The molecule has 98 valence electrons. The summed E-state index contributed by atoms with van der Waals surface area (Å²) >= 11 is 0. The summed E-state index contributed by atoms with van der Waals surface area (Å²) in [6.07, 6.45) is -6.72. The van der Waals surface area contributed by atoms with Crippen LogP contribution >= 0.6 is 0 Å². The Balaban J connectivity index is 5.38. The molecule has 0 aromatic heterocycles. The van der Waals surface area contributed by atoms with E-state index in [1.807, 2.05) is 0 Å². The van der Waals surface area contributed by atoms with Crippen molar-refractivity contribution in [1.29, 1.82) is 0 Å². The number of aliphatic carboxylic acids is 1. The van der Waals surface area contributed by atoms with Gasteiger partial charge < -0.3 is 15.3 Å². The number of hydrogen-bond acceptors (Lipinski definition) is 3. The van der Waals surface area contributed by atoms with Gasteiger partial charge in [-0.05, 0) is 0 Å². The molecule has 0 saturated heterocycles. The number of rotatable bonds is 5. The molecule has 0 atom stereocenters. The van der Waals surface area contributed by atoms with Gasteiger partial charge in [-0.2, -0.15) is 8.78 Å². The van der Waals surface area contributed by atoms with Gasteiger partial charge in [-0.15, -0.1) is 0 Å². The molecule has 5 nitrogen and oxygen atoms in total. The quantitative estimate of drug-likeness (QED) is 0.556. The first-order valence-electron chi connectivity index (χ1n) is 4.20. The minimum Gasteiger partial charge on any atom is -0.477 e. The van der Waals surface area contributed by atoms with Gasteiger partial charge in [0.2, 0.25) is 0 Å². The van der Waals surface area contributed by atoms with Crippen LogP contribution in [0.2, 0.25) is 0 Å². The van der Waals surface area contributed by atoms with Crippen LogP contribution in [-0.2, 0) is 9.59 Å². The Bertz CT molecular complexity index is 332. The van der Waals surface area contributed by atoms with E-state index in [4.69, 9.17) is 5.11 Å². The molecule has 0 bridgehead atoms. The maximum absolute atomic E-state index is 12.5. The highest BCUT2D eigenvalue weighted by Crippen LogP contribution is 2.15. The van der Waals surface area contributed by atoms with Crippen molar-refractivity contribution in [1.82, 2.24) is 10.2 Å². The number of allylic oxidation sites excluding steroid dienone is 1. The lowest BCUT2D eigenvalue weighted by Gasteiger charge is -2.19. The normalized spacial score (nSPS) is 12.5. The molecular formula is C8H10F4N2O3. The topological polar surface area (TPSA) is 69.6 Å². The van der Waals surface area contributed by atoms with E-state index in [2.05, 4.69) is 0 Å². The predicted molar refractivity (Wildman–Crippen MR) is 48.5 cm³/mol. The van der Waals surface area contributed by atoms with Crippen molar-refractivity contribution in [3.63, 3.8) is 0 Å². The van der Waals surface area contributed by atoms with Crippen molar-refractivity contribution in [3.05, 3.63) is 11.4 Å². The van der Waals surface area contributed by atoms with E-state index in [1.54, 1.807) is 0 Å². The van der Waals surface area contributed by atoms with Crippen LogP contribution in [0.5, 0.6) is 0 Å². The highest BCUT2D eigenvalue weighted by atomic mass is 19.3. The van der Waals surface area contributed by atoms with Gasteiger partial charge in [-0.1, -0.05) is 0 Å². The third-order valence-electron chi connectivity index (χ3n) is 1.60. The molecule has 9 heteroatoms. The first-order valence-corrected chi connectivity index (χ1v) is 4.20. The third kappa shape index (κ3) is 4.29. The standard InChI is InChI=1S/C8H10F4N2O3/c1-14(2)4(5(9)10)3(8(16)17)13-7(15)6(11)12/h5-6H,1-2H3,(H,13,15)(H,16,17). The number of nitrogens with one attached hydrogen (secondary N) is 1. The molecule has 0 aliphatic carbocycles. The molecular weight excluding hydrogens is 248 g/mol. The monoisotopic (exact) mass is 258 g/mol. The van der Waals surface area contributed by atoms with E-state index in [0.29, 0.717) is 0 Å². The Labute approximate surface area is 93.7 Å². The Morgan fingerprint density at radius 2 is 1.59 bits per heavy atom. The van der Waals surface area contributed by atoms with Crippen LogP contribution in [-0.4, -0.2) is 48.8 Å². The van der Waals surface area contributed by atoms with E-state index in [9.17, 15) is 27.2 Å². The molecule has 0 aliphatic heterocycles. The molecule has 0 radical (unpaired) electrons. The average Bonchev–Trinajstić information content (AvgIpc) is 2.14. The lowest BCUT2D eigenvalue weighted by atomic mass is 10.3. The van der Waals surface area contributed by atoms with Gasteiger partial charge in [0.05, 0.1) is 0 Å². The third-order valence-corrected chi connectivity index (χ3v) is 1.60. The van der Waals surface area contributed by atoms with Crippen LogP contribution in [0.15, 0.2) is 11.4 Å². The van der Waals surface area contributed by atoms with Crippen LogP contribution in [0.1, 0.15) is 0 Å². The number of carboxylic acids is 1. The van der Waals surface area contributed by atoms with Crippen LogP contribution in [0.25, 0.3) is 0 Å². The molecule has 0 rings (SSSR count). The fourth-order valence-electron chi connectivity index (χ4n) is 0.933. The summed E-state index contributed by atoms with van der Waals surface area (Å²) < 4.78 is 48.8. The summed E-state index contributed by atoms with van der Waals surface area (Å²) in [5.74, 6) is -3.88. The van der Waals surface area contributed by atoms with E-state index >= 15 is 0 Å². The molecule has 0 aromatic carbocycles. The predicted octanol–water partition coefficient (Wildman–Crippen LogP) is 0.491. The second kappa shape index (κ2) is 6.06. The SMILES string of the molecule is CN(C)C(=C(NC(=O)C(F)F)C(=O)O)C(F)F. The number of carbonyl (C=O) groups is 2. The second-order valence-corrected chi connectivity index (χ2v) is 3.05. The fourth-order valence-corrected chi connectivity index (χ4v) is 0.933. The minimum absolute atomic E-state index is 0.722. The molecule has 0 unspecified atom stereocenters. The van der Waals surface area contributed by atoms with Crippen LogP contribution < -0.4 is 5.32 Å². The maximum atomic E-state index is 12.5. The lowest BCUT2D eigenvalue weighted by molar-refractivity contribution is -0.137. The number of hydrogen-bond donors (Lipinski definition) is 2. The van der Waals surface area contributed by atoms with Crippen molar-refractivity contribution >= 4 is 11.9 Å². The fraction of sp³-hybridized carbons (Fsp3) is 0.500. The van der Waals surface area contributed by atoms with Gasteiger partial charge in [0, 0.05) is 14.1 Å². The zero-order valence-corrected chi connectivity index (χ0v) is 8.88. The highest BCUT2D eigenvalue weighted by molar-refractivity contribution is 5.94. The van der Waals surface area contributed by atoms with Crippen LogP contribution in [0, 0.1) is 0 Å². The average molecular weight is 258 g/mol. The molecule has 2 N–H and O–H groups in total. The Morgan fingerprint density at radius 1 is 1.12 bits per heavy atom. The number of carboxylic acid groups (broad SMARTS) is 1. The lowest BCUT2D eigenvalue weighted by Crippen LogP contribution is -2.36. The van der Waals surface area contributed by atoms with Crippen molar-refractivity contribution in [2.24, 2.45) is 0 Å². The molecule has 0 aliphatic rings. The van der Waals surface area contributed by atoms with E-state index < -0.39 is 36.1 Å². The molecule has 1 amide bonds. The molecule has 0 saturated carbocycles. The number of nitrogens with zero attached hydrogens (tertiary/aromatic N) is 1. The van der Waals surface area contributed by atoms with Gasteiger partial charge in [-0.25, -0.2) is 13.6 Å². The molecule has 17 heavy (non-hydrogen) atoms. The zero-order valence-electron chi connectivity index (χ0n) is 8.88. The Hall–Kier alpha value is -1.80.